The zero-order chi connectivity index (χ0) is 9.68. The highest BCUT2D eigenvalue weighted by Crippen LogP contribution is 1.88. The van der Waals surface area contributed by atoms with E-state index >= 15 is 0 Å². The van der Waals surface area contributed by atoms with Gasteiger partial charge in [0.15, 0.2) is 0 Å². The van der Waals surface area contributed by atoms with Gasteiger partial charge in [-0.3, -0.25) is 4.79 Å². The van der Waals surface area contributed by atoms with Crippen molar-refractivity contribution in [3.63, 3.8) is 0 Å². The van der Waals surface area contributed by atoms with Crippen molar-refractivity contribution in [2.24, 2.45) is 5.73 Å². The molecule has 0 aliphatic carbocycles. The predicted molar refractivity (Wildman–Crippen MR) is 51.1 cm³/mol. The molecule has 0 aliphatic rings. The average molecular weight is 181 g/mol. The van der Waals surface area contributed by atoms with Crippen molar-refractivity contribution in [3.05, 3.63) is 24.5 Å². The second kappa shape index (κ2) is 4.67. The zero-order valence-electron chi connectivity index (χ0n) is 7.73. The molecule has 13 heavy (non-hydrogen) atoms. The van der Waals surface area contributed by atoms with Crippen molar-refractivity contribution in [1.29, 1.82) is 0 Å². The number of aromatic nitrogens is 1. The lowest BCUT2D eigenvalue weighted by Crippen LogP contribution is -2.39. The summed E-state index contributed by atoms with van der Waals surface area (Å²) in [6, 6.07) is 3.48. The number of nitrogens with one attached hydrogen (secondary N) is 1. The van der Waals surface area contributed by atoms with Gasteiger partial charge >= 0.3 is 0 Å². The second-order valence-corrected chi connectivity index (χ2v) is 3.00. The minimum absolute atomic E-state index is 0.104. The van der Waals surface area contributed by atoms with Gasteiger partial charge in [-0.25, -0.2) is 0 Å². The van der Waals surface area contributed by atoms with Gasteiger partial charge in [-0.05, 0) is 19.1 Å². The largest absolute Gasteiger partial charge is 0.353 e. The van der Waals surface area contributed by atoms with E-state index in [1.54, 1.807) is 6.92 Å². The molecular weight excluding hydrogens is 166 g/mol. The quantitative estimate of drug-likeness (QED) is 0.684. The Bertz CT molecular complexity index is 254. The number of carbonyl (C=O) groups is 1. The van der Waals surface area contributed by atoms with E-state index in [0.29, 0.717) is 6.54 Å². The Morgan fingerprint density at radius 2 is 2.15 bits per heavy atom. The van der Waals surface area contributed by atoms with Gasteiger partial charge in [0.05, 0.1) is 6.04 Å². The summed E-state index contributed by atoms with van der Waals surface area (Å²) in [6.07, 6.45) is 3.91. The summed E-state index contributed by atoms with van der Waals surface area (Å²) < 4.78 is 2.00. The van der Waals surface area contributed by atoms with Crippen LogP contribution in [0.25, 0.3) is 0 Å². The molecule has 1 amide bonds. The van der Waals surface area contributed by atoms with Gasteiger partial charge in [0, 0.05) is 25.5 Å². The van der Waals surface area contributed by atoms with Crippen LogP contribution in [-0.2, 0) is 11.3 Å². The van der Waals surface area contributed by atoms with Gasteiger partial charge in [-0.1, -0.05) is 0 Å². The fraction of sp³-hybridized carbons (Fsp3) is 0.444. The van der Waals surface area contributed by atoms with E-state index < -0.39 is 6.04 Å². The molecule has 1 aromatic heterocycles. The Morgan fingerprint density at radius 3 is 2.69 bits per heavy atom. The molecule has 4 nitrogen and oxygen atoms in total. The highest BCUT2D eigenvalue weighted by Gasteiger charge is 2.04. The van der Waals surface area contributed by atoms with Crippen LogP contribution in [0.5, 0.6) is 0 Å². The Kier molecular flexibility index (Phi) is 3.52. The Hall–Kier alpha value is -1.29. The number of hydrogen-bond donors (Lipinski definition) is 2. The monoisotopic (exact) mass is 181 g/mol. The van der Waals surface area contributed by atoms with Crippen molar-refractivity contribution in [2.75, 3.05) is 6.54 Å². The van der Waals surface area contributed by atoms with E-state index in [4.69, 9.17) is 5.73 Å². The predicted octanol–water partition coefficient (Wildman–Crippen LogP) is -0.0485. The van der Waals surface area contributed by atoms with Crippen LogP contribution >= 0.6 is 0 Å². The number of rotatable bonds is 4. The Morgan fingerprint density at radius 1 is 1.54 bits per heavy atom. The number of carbonyl (C=O) groups excluding carboxylic acids is 1. The normalized spacial score (nSPS) is 12.5. The van der Waals surface area contributed by atoms with Crippen LogP contribution in [0.1, 0.15) is 6.92 Å². The molecule has 0 bridgehead atoms. The first kappa shape index (κ1) is 9.80. The van der Waals surface area contributed by atoms with Crippen LogP contribution in [0, 0.1) is 0 Å². The van der Waals surface area contributed by atoms with Gasteiger partial charge in [0.2, 0.25) is 5.91 Å². The van der Waals surface area contributed by atoms with Gasteiger partial charge in [0.25, 0.3) is 0 Å². The molecule has 0 aliphatic heterocycles. The topological polar surface area (TPSA) is 60.1 Å². The van der Waals surface area contributed by atoms with Gasteiger partial charge in [-0.2, -0.15) is 0 Å². The molecule has 0 spiro atoms. The standard InChI is InChI=1S/C9H15N3O/c1-8(10)9(13)11-4-7-12-5-2-3-6-12/h2-3,5-6,8H,4,7,10H2,1H3,(H,11,13)/t8-/m1/s1. The molecule has 0 radical (unpaired) electrons. The van der Waals surface area contributed by atoms with Gasteiger partial charge < -0.3 is 15.6 Å². The summed E-state index contributed by atoms with van der Waals surface area (Å²) in [7, 11) is 0. The highest BCUT2D eigenvalue weighted by atomic mass is 16.2. The van der Waals surface area contributed by atoms with Crippen molar-refractivity contribution in [2.45, 2.75) is 19.5 Å². The first-order chi connectivity index (χ1) is 6.20. The summed E-state index contributed by atoms with van der Waals surface area (Å²) in [5.41, 5.74) is 5.38. The maximum absolute atomic E-state index is 11.0. The van der Waals surface area contributed by atoms with Gasteiger partial charge in [0.1, 0.15) is 0 Å². The molecule has 0 aromatic carbocycles. The van der Waals surface area contributed by atoms with E-state index in [-0.39, 0.29) is 5.91 Å². The smallest absolute Gasteiger partial charge is 0.236 e. The third-order valence-electron chi connectivity index (χ3n) is 1.75. The number of hydrogen-bond acceptors (Lipinski definition) is 2. The third-order valence-corrected chi connectivity index (χ3v) is 1.75. The van der Waals surface area contributed by atoms with Crippen LogP contribution in [0.15, 0.2) is 24.5 Å². The Labute approximate surface area is 77.7 Å². The molecule has 0 saturated carbocycles. The van der Waals surface area contributed by atoms with Gasteiger partial charge in [-0.15, -0.1) is 0 Å². The number of nitrogens with two attached hydrogens (primary N) is 1. The summed E-state index contributed by atoms with van der Waals surface area (Å²) in [5, 5.41) is 2.74. The zero-order valence-corrected chi connectivity index (χ0v) is 7.73. The molecule has 1 heterocycles. The fourth-order valence-corrected chi connectivity index (χ4v) is 0.988. The van der Waals surface area contributed by atoms with Crippen molar-refractivity contribution in [1.82, 2.24) is 9.88 Å². The van der Waals surface area contributed by atoms with E-state index in [2.05, 4.69) is 5.32 Å². The number of nitrogens with zero attached hydrogens (tertiary/aromatic N) is 1. The number of amides is 1. The lowest BCUT2D eigenvalue weighted by atomic mass is 10.3. The summed E-state index contributed by atoms with van der Waals surface area (Å²) >= 11 is 0. The highest BCUT2D eigenvalue weighted by molar-refractivity contribution is 5.80. The van der Waals surface area contributed by atoms with E-state index in [9.17, 15) is 4.79 Å². The van der Waals surface area contributed by atoms with Crippen LogP contribution in [0.4, 0.5) is 0 Å². The van der Waals surface area contributed by atoms with Crippen molar-refractivity contribution < 1.29 is 4.79 Å². The first-order valence-electron chi connectivity index (χ1n) is 4.34. The van der Waals surface area contributed by atoms with Crippen molar-refractivity contribution in [3.8, 4) is 0 Å². The summed E-state index contributed by atoms with van der Waals surface area (Å²) in [5.74, 6) is -0.104. The van der Waals surface area contributed by atoms with Crippen molar-refractivity contribution >= 4 is 5.91 Å². The minimum Gasteiger partial charge on any atom is -0.353 e. The van der Waals surface area contributed by atoms with E-state index in [1.165, 1.54) is 0 Å². The van der Waals surface area contributed by atoms with Crippen LogP contribution < -0.4 is 11.1 Å². The van der Waals surface area contributed by atoms with E-state index in [0.717, 1.165) is 6.54 Å². The van der Waals surface area contributed by atoms with Crippen LogP contribution in [0.2, 0.25) is 0 Å². The molecule has 1 aromatic rings. The summed E-state index contributed by atoms with van der Waals surface area (Å²) in [4.78, 5) is 11.0. The molecule has 0 unspecified atom stereocenters. The maximum atomic E-state index is 11.0. The minimum atomic E-state index is -0.426. The molecule has 3 N–H and O–H groups in total. The average Bonchev–Trinajstić information content (AvgIpc) is 2.56. The molecule has 0 fully saturated rings. The van der Waals surface area contributed by atoms with Crippen LogP contribution in [-0.4, -0.2) is 23.1 Å². The molecule has 72 valence electrons. The lowest BCUT2D eigenvalue weighted by molar-refractivity contribution is -0.121. The molecule has 0 saturated heterocycles. The third kappa shape index (κ3) is 3.29. The van der Waals surface area contributed by atoms with Crippen LogP contribution in [0.3, 0.4) is 0 Å². The molecule has 1 rings (SSSR count). The first-order valence-corrected chi connectivity index (χ1v) is 4.34. The molecule has 4 heteroatoms. The lowest BCUT2D eigenvalue weighted by Gasteiger charge is -2.07. The Balaban J connectivity index is 2.18. The molecule has 1 atom stereocenters. The summed E-state index contributed by atoms with van der Waals surface area (Å²) in [6.45, 7) is 3.07. The fourth-order valence-electron chi connectivity index (χ4n) is 0.988. The SMILES string of the molecule is C[C@@H](N)C(=O)NCCn1cccc1. The molecular formula is C9H15N3O. The maximum Gasteiger partial charge on any atom is 0.236 e. The van der Waals surface area contributed by atoms with E-state index in [1.807, 2.05) is 29.1 Å². The second-order valence-electron chi connectivity index (χ2n) is 3.00.